The Hall–Kier alpha value is 0.0562. The van der Waals surface area contributed by atoms with Crippen LogP contribution in [0.2, 0.25) is 0 Å². The Labute approximate surface area is 99.8 Å². The number of benzene rings is 1. The van der Waals surface area contributed by atoms with Gasteiger partial charge in [0.2, 0.25) is 0 Å². The first-order valence-corrected chi connectivity index (χ1v) is 4.37. The molecule has 0 amide bonds. The van der Waals surface area contributed by atoms with E-state index in [0.717, 1.165) is 0 Å². The molecular weight excluding hydrogens is 200 g/mol. The van der Waals surface area contributed by atoms with Gasteiger partial charge in [0.05, 0.1) is 11.4 Å². The molecule has 0 radical (unpaired) electrons. The Morgan fingerprint density at radius 2 is 1.69 bits per heavy atom. The summed E-state index contributed by atoms with van der Waals surface area (Å²) in [6, 6.07) is 8.45. The van der Waals surface area contributed by atoms with Crippen LogP contribution in [0.3, 0.4) is 0 Å². The Bertz CT molecular complexity index is 253. The van der Waals surface area contributed by atoms with E-state index in [4.69, 9.17) is 13.3 Å². The van der Waals surface area contributed by atoms with E-state index in [1.807, 2.05) is 0 Å². The van der Waals surface area contributed by atoms with Gasteiger partial charge in [0.25, 0.3) is 0 Å². The van der Waals surface area contributed by atoms with Crippen LogP contribution in [-0.2, 0) is 11.4 Å². The maximum Gasteiger partial charge on any atom is 2.00 e. The summed E-state index contributed by atoms with van der Waals surface area (Å²) in [5.74, 6) is 0. The molecule has 0 aliphatic heterocycles. The van der Waals surface area contributed by atoms with Crippen molar-refractivity contribution < 1.29 is 16.2 Å². The van der Waals surface area contributed by atoms with Crippen LogP contribution < -0.4 is 0 Å². The predicted octanol–water partition coefficient (Wildman–Crippen LogP) is 1.49. The molecule has 0 aliphatic carbocycles. The molecule has 0 saturated carbocycles. The summed E-state index contributed by atoms with van der Waals surface area (Å²) in [5.41, 5.74) is 2.68. The third-order valence-electron chi connectivity index (χ3n) is 1.17. The van der Waals surface area contributed by atoms with Gasteiger partial charge in [0.15, 0.2) is 0 Å². The van der Waals surface area contributed by atoms with E-state index in [2.05, 4.69) is 38.1 Å². The Balaban J connectivity index is -0.0000000779. The fourth-order valence-electron chi connectivity index (χ4n) is 0.807. The van der Waals surface area contributed by atoms with Gasteiger partial charge in [0.1, 0.15) is 0 Å². The molecular formula is C8H13MgO3S-. The molecule has 1 N–H and O–H groups in total. The molecule has 0 heterocycles. The van der Waals surface area contributed by atoms with Gasteiger partial charge in [-0.2, -0.15) is 0 Å². The van der Waals surface area contributed by atoms with Crippen LogP contribution in [0.5, 0.6) is 0 Å². The maximum atomic E-state index is 8.56. The number of hydrogen-bond donors (Lipinski definition) is 1. The zero-order valence-corrected chi connectivity index (χ0v) is 9.92. The molecule has 0 aliphatic rings. The van der Waals surface area contributed by atoms with E-state index < -0.39 is 11.4 Å². The van der Waals surface area contributed by atoms with Crippen molar-refractivity contribution in [2.24, 2.45) is 0 Å². The molecule has 72 valence electrons. The van der Waals surface area contributed by atoms with Crippen molar-refractivity contribution in [3.63, 3.8) is 0 Å². The van der Waals surface area contributed by atoms with Crippen LogP contribution >= 0.6 is 0 Å². The fourth-order valence-corrected chi connectivity index (χ4v) is 0.807. The summed E-state index contributed by atoms with van der Waals surface area (Å²) in [5, 5.41) is 0. The minimum atomic E-state index is -2.86. The van der Waals surface area contributed by atoms with Crippen LogP contribution in [0.25, 0.3) is 0 Å². The van der Waals surface area contributed by atoms with Gasteiger partial charge in [-0.25, -0.2) is 4.21 Å². The molecule has 0 bridgehead atoms. The van der Waals surface area contributed by atoms with Crippen molar-refractivity contribution in [2.45, 2.75) is 13.8 Å². The van der Waals surface area contributed by atoms with E-state index in [-0.39, 0.29) is 25.9 Å². The van der Waals surface area contributed by atoms with Crippen molar-refractivity contribution in [1.29, 1.82) is 0 Å². The largest absolute Gasteiger partial charge is 2.00 e. The zero-order chi connectivity index (χ0) is 9.56. The van der Waals surface area contributed by atoms with Gasteiger partial charge in [-0.1, -0.05) is 35.4 Å². The summed E-state index contributed by atoms with van der Waals surface area (Å²) in [6.45, 7) is 4.21. The zero-order valence-electron chi connectivity index (χ0n) is 9.69. The summed E-state index contributed by atoms with van der Waals surface area (Å²) < 4.78 is 24.1. The number of rotatable bonds is 0. The van der Waals surface area contributed by atoms with Crippen molar-refractivity contribution in [3.8, 4) is 0 Å². The molecule has 1 aromatic rings. The van der Waals surface area contributed by atoms with Crippen LogP contribution in [0, 0.1) is 13.8 Å². The van der Waals surface area contributed by atoms with E-state index in [1.165, 1.54) is 11.1 Å². The molecule has 1 unspecified atom stereocenters. The molecule has 3 nitrogen and oxygen atoms in total. The second-order valence-electron chi connectivity index (χ2n) is 2.38. The van der Waals surface area contributed by atoms with E-state index in [0.29, 0.717) is 0 Å². The van der Waals surface area contributed by atoms with Crippen LogP contribution in [0.1, 0.15) is 14.0 Å². The molecule has 0 aromatic heterocycles. The predicted molar refractivity (Wildman–Crippen MR) is 55.4 cm³/mol. The third-order valence-corrected chi connectivity index (χ3v) is 1.17. The smallest absolute Gasteiger partial charge is 1.00 e. The number of aryl methyl sites for hydroxylation is 2. The minimum Gasteiger partial charge on any atom is -1.00 e. The van der Waals surface area contributed by atoms with Crippen molar-refractivity contribution in [3.05, 3.63) is 35.4 Å². The normalized spacial score (nSPS) is 10.5. The molecule has 1 atom stereocenters. The van der Waals surface area contributed by atoms with Crippen molar-refractivity contribution >= 4 is 34.4 Å². The van der Waals surface area contributed by atoms with Gasteiger partial charge >= 0.3 is 23.1 Å². The molecule has 13 heavy (non-hydrogen) atoms. The molecule has 1 rings (SSSR count). The summed E-state index contributed by atoms with van der Waals surface area (Å²) in [7, 11) is 0. The number of hydrogen-bond acceptors (Lipinski definition) is 2. The molecule has 0 spiro atoms. The van der Waals surface area contributed by atoms with E-state index in [1.54, 1.807) is 0 Å². The quantitative estimate of drug-likeness (QED) is 0.525. The van der Waals surface area contributed by atoms with E-state index >= 15 is 0 Å². The Morgan fingerprint density at radius 1 is 1.38 bits per heavy atom. The second kappa shape index (κ2) is 8.65. The topological polar surface area (TPSA) is 60.4 Å². The summed E-state index contributed by atoms with van der Waals surface area (Å²) in [4.78, 5) is 0. The van der Waals surface area contributed by atoms with Gasteiger partial charge < -0.3 is 12.0 Å². The summed E-state index contributed by atoms with van der Waals surface area (Å²) in [6.07, 6.45) is 0. The first-order valence-electron chi connectivity index (χ1n) is 3.34. The van der Waals surface area contributed by atoms with Gasteiger partial charge in [-0.05, 0) is 13.8 Å². The van der Waals surface area contributed by atoms with Crippen molar-refractivity contribution in [2.75, 3.05) is 0 Å². The average Bonchev–Trinajstić information content (AvgIpc) is 1.84. The van der Waals surface area contributed by atoms with Crippen LogP contribution in [0.4, 0.5) is 0 Å². The van der Waals surface area contributed by atoms with Crippen molar-refractivity contribution in [1.82, 2.24) is 0 Å². The minimum absolute atomic E-state index is 0. The van der Waals surface area contributed by atoms with Crippen LogP contribution in [-0.4, -0.2) is 36.4 Å². The fraction of sp³-hybridized carbons (Fsp3) is 0.250. The second-order valence-corrected chi connectivity index (χ2v) is 2.81. The molecule has 0 fully saturated rings. The Kier molecular flexibility index (Phi) is 10.3. The third kappa shape index (κ3) is 12.1. The standard InChI is InChI=1S/C8H10.Mg.H2O3S.2H/c1-7-4-3-5-8(2)6-7;;1-4(2)3;;/h3-6H,1-2H3;;(H2,1,2,3);;/q;+2;;2*-1/p-1. The summed E-state index contributed by atoms with van der Waals surface area (Å²) >= 11 is -2.86. The monoisotopic (exact) mass is 213 g/mol. The SMILES string of the molecule is Cc1cccc(C)c1.O=S([O-])O.[H-].[H-].[Mg+2]. The van der Waals surface area contributed by atoms with Crippen LogP contribution in [0.15, 0.2) is 24.3 Å². The molecule has 5 heteroatoms. The molecule has 1 aromatic carbocycles. The first-order chi connectivity index (χ1) is 5.52. The van der Waals surface area contributed by atoms with Gasteiger partial charge in [-0.15, -0.1) is 0 Å². The van der Waals surface area contributed by atoms with E-state index in [9.17, 15) is 0 Å². The van der Waals surface area contributed by atoms with Gasteiger partial charge in [-0.3, -0.25) is 0 Å². The molecule has 0 saturated heterocycles. The maximum absolute atomic E-state index is 8.56. The first kappa shape index (κ1) is 15.5. The average molecular weight is 214 g/mol. The Morgan fingerprint density at radius 3 is 1.85 bits per heavy atom. The van der Waals surface area contributed by atoms with Gasteiger partial charge in [0, 0.05) is 0 Å².